The first-order valence-electron chi connectivity index (χ1n) is 12.0. The first-order valence-corrected chi connectivity index (χ1v) is 13.4. The highest BCUT2D eigenvalue weighted by Crippen LogP contribution is 2.63. The van der Waals surface area contributed by atoms with Crippen molar-refractivity contribution in [1.29, 1.82) is 0 Å². The summed E-state index contributed by atoms with van der Waals surface area (Å²) in [7, 11) is -3.21. The lowest BCUT2D eigenvalue weighted by atomic mass is 9.55. The molecule has 1 aromatic rings. The summed E-state index contributed by atoms with van der Waals surface area (Å²) in [6, 6.07) is 0. The maximum absolute atomic E-state index is 12.6. The van der Waals surface area contributed by atoms with E-state index in [2.05, 4.69) is 55.4 Å². The van der Waals surface area contributed by atoms with Gasteiger partial charge in [0, 0.05) is 22.5 Å². The summed E-state index contributed by atoms with van der Waals surface area (Å²) in [5.74, 6) is 0.282. The van der Waals surface area contributed by atoms with Gasteiger partial charge in [-0.05, 0) is 36.0 Å². The maximum atomic E-state index is 12.6. The van der Waals surface area contributed by atoms with Gasteiger partial charge in [-0.25, -0.2) is 0 Å². The molecular weight excluding hydrogens is 440 g/mol. The van der Waals surface area contributed by atoms with E-state index in [1.807, 2.05) is 6.92 Å². The van der Waals surface area contributed by atoms with Gasteiger partial charge in [0.2, 0.25) is 0 Å². The third-order valence-corrected chi connectivity index (χ3v) is 7.56. The smallest absolute Gasteiger partial charge is 0.298 e. The zero-order valence-electron chi connectivity index (χ0n) is 22.1. The molecule has 1 aromatic carbocycles. The monoisotopic (exact) mass is 484 g/mol. The van der Waals surface area contributed by atoms with Crippen molar-refractivity contribution in [3.05, 3.63) is 11.1 Å². The molecule has 0 amide bonds. The number of ether oxygens (including phenoxy) is 2. The molecule has 1 heterocycles. The number of phenolic OH excluding ortho intramolecular Hbond substituents is 1. The predicted molar refractivity (Wildman–Crippen MR) is 132 cm³/mol. The first kappa shape index (κ1) is 27.8. The molecule has 0 saturated heterocycles. The van der Waals surface area contributed by atoms with Gasteiger partial charge >= 0.3 is 0 Å². The summed E-state index contributed by atoms with van der Waals surface area (Å²) in [6.45, 7) is 19.6. The molecule has 2 unspecified atom stereocenters. The molecule has 33 heavy (non-hydrogen) atoms. The molecule has 7 heteroatoms. The summed E-state index contributed by atoms with van der Waals surface area (Å²) in [5, 5.41) is 11.5. The first-order chi connectivity index (χ1) is 14.9. The molecule has 1 aliphatic heterocycles. The SMILES string of the molecule is CCCc1c(OC)c(O)c2c(c1S(=O)(=O)O)OCC(C)(CC(C)(C)C)C2C(C)(C)CC(C)C. The number of benzene rings is 1. The van der Waals surface area contributed by atoms with Crippen molar-refractivity contribution in [3.8, 4) is 17.2 Å². The van der Waals surface area contributed by atoms with E-state index in [0.717, 1.165) is 12.8 Å². The van der Waals surface area contributed by atoms with Gasteiger partial charge in [-0.2, -0.15) is 8.42 Å². The van der Waals surface area contributed by atoms with Crippen molar-refractivity contribution in [3.63, 3.8) is 0 Å². The Balaban J connectivity index is 3.03. The highest BCUT2D eigenvalue weighted by Gasteiger charge is 2.53. The summed E-state index contributed by atoms with van der Waals surface area (Å²) >= 11 is 0. The van der Waals surface area contributed by atoms with E-state index >= 15 is 0 Å². The average molecular weight is 485 g/mol. The van der Waals surface area contributed by atoms with Crippen LogP contribution in [-0.2, 0) is 16.5 Å². The minimum absolute atomic E-state index is 0.0183. The van der Waals surface area contributed by atoms with Crippen LogP contribution in [0.2, 0.25) is 0 Å². The van der Waals surface area contributed by atoms with Crippen molar-refractivity contribution < 1.29 is 27.6 Å². The lowest BCUT2D eigenvalue weighted by molar-refractivity contribution is 0.000408. The topological polar surface area (TPSA) is 93.1 Å². The van der Waals surface area contributed by atoms with Gasteiger partial charge in [0.05, 0.1) is 13.7 Å². The Morgan fingerprint density at radius 3 is 2.21 bits per heavy atom. The van der Waals surface area contributed by atoms with E-state index in [1.165, 1.54) is 7.11 Å². The molecular formula is C26H44O6S. The maximum Gasteiger partial charge on any atom is 0.298 e. The van der Waals surface area contributed by atoms with Crippen molar-refractivity contribution in [1.82, 2.24) is 0 Å². The van der Waals surface area contributed by atoms with Crippen LogP contribution < -0.4 is 9.47 Å². The molecule has 0 fully saturated rings. The minimum atomic E-state index is -4.63. The summed E-state index contributed by atoms with van der Waals surface area (Å²) in [4.78, 5) is -0.267. The van der Waals surface area contributed by atoms with E-state index in [-0.39, 0.29) is 49.9 Å². The Kier molecular flexibility index (Phi) is 7.82. The normalized spacial score (nSPS) is 21.6. The molecule has 0 saturated carbocycles. The van der Waals surface area contributed by atoms with Crippen LogP contribution in [0.15, 0.2) is 4.90 Å². The lowest BCUT2D eigenvalue weighted by Gasteiger charge is -2.52. The van der Waals surface area contributed by atoms with Crippen LogP contribution in [0.4, 0.5) is 0 Å². The van der Waals surface area contributed by atoms with Crippen LogP contribution in [-0.4, -0.2) is 31.8 Å². The van der Waals surface area contributed by atoms with Gasteiger partial charge in [0.25, 0.3) is 10.1 Å². The largest absolute Gasteiger partial charge is 0.504 e. The molecule has 0 aromatic heterocycles. The van der Waals surface area contributed by atoms with Gasteiger partial charge in [0.1, 0.15) is 10.6 Å². The number of aromatic hydroxyl groups is 1. The third kappa shape index (κ3) is 5.61. The van der Waals surface area contributed by atoms with Crippen LogP contribution in [0.3, 0.4) is 0 Å². The molecule has 2 N–H and O–H groups in total. The van der Waals surface area contributed by atoms with Crippen molar-refractivity contribution >= 4 is 10.1 Å². The fourth-order valence-electron chi connectivity index (χ4n) is 6.65. The van der Waals surface area contributed by atoms with Crippen LogP contribution in [0.1, 0.15) is 98.6 Å². The number of methoxy groups -OCH3 is 1. The molecule has 0 radical (unpaired) electrons. The average Bonchev–Trinajstić information content (AvgIpc) is 2.58. The van der Waals surface area contributed by atoms with Crippen LogP contribution in [0, 0.1) is 22.2 Å². The highest BCUT2D eigenvalue weighted by molar-refractivity contribution is 7.86. The zero-order chi connectivity index (χ0) is 25.6. The molecule has 2 rings (SSSR count). The Morgan fingerprint density at radius 2 is 1.79 bits per heavy atom. The second kappa shape index (κ2) is 9.29. The second-order valence-electron chi connectivity index (χ2n) is 12.4. The Hall–Kier alpha value is -1.47. The standard InChI is InChI=1S/C26H44O6S/c1-11-12-17-20(31-10)19(27)18-21(22(17)33(28,29)30)32-15-26(9,14-24(4,5)6)23(18)25(7,8)13-16(2)3/h16,23,27H,11-15H2,1-10H3,(H,28,29,30). The van der Waals surface area contributed by atoms with Gasteiger partial charge in [-0.15, -0.1) is 0 Å². The van der Waals surface area contributed by atoms with Crippen molar-refractivity contribution in [2.45, 2.75) is 98.8 Å². The van der Waals surface area contributed by atoms with E-state index < -0.39 is 10.1 Å². The Morgan fingerprint density at radius 1 is 1.21 bits per heavy atom. The fraction of sp³-hybridized carbons (Fsp3) is 0.769. The molecule has 0 aliphatic carbocycles. The van der Waals surface area contributed by atoms with Gasteiger partial charge in [-0.1, -0.05) is 68.7 Å². The van der Waals surface area contributed by atoms with Crippen LogP contribution in [0.25, 0.3) is 0 Å². The second-order valence-corrected chi connectivity index (χ2v) is 13.7. The number of fused-ring (bicyclic) bond motifs is 1. The molecule has 190 valence electrons. The Labute approximate surface area is 200 Å². The van der Waals surface area contributed by atoms with Crippen molar-refractivity contribution in [2.24, 2.45) is 22.2 Å². The quantitative estimate of drug-likeness (QED) is 0.404. The van der Waals surface area contributed by atoms with E-state index in [9.17, 15) is 18.1 Å². The summed E-state index contributed by atoms with van der Waals surface area (Å²) < 4.78 is 47.3. The van der Waals surface area contributed by atoms with E-state index in [1.54, 1.807) is 0 Å². The van der Waals surface area contributed by atoms with Crippen molar-refractivity contribution in [2.75, 3.05) is 13.7 Å². The number of phenols is 1. The van der Waals surface area contributed by atoms with Crippen LogP contribution >= 0.6 is 0 Å². The summed E-state index contributed by atoms with van der Waals surface area (Å²) in [5.41, 5.74) is 0.00379. The van der Waals surface area contributed by atoms with Gasteiger partial charge in [0.15, 0.2) is 11.5 Å². The minimum Gasteiger partial charge on any atom is -0.504 e. The number of rotatable bonds is 8. The molecule has 0 bridgehead atoms. The third-order valence-electron chi connectivity index (χ3n) is 6.61. The van der Waals surface area contributed by atoms with E-state index in [0.29, 0.717) is 30.9 Å². The molecule has 1 aliphatic rings. The summed E-state index contributed by atoms with van der Waals surface area (Å²) in [6.07, 6.45) is 2.62. The molecule has 2 atom stereocenters. The Bertz CT molecular complexity index is 972. The number of hydrogen-bond donors (Lipinski definition) is 2. The molecule has 6 nitrogen and oxygen atoms in total. The fourth-order valence-corrected chi connectivity index (χ4v) is 7.56. The number of hydrogen-bond acceptors (Lipinski definition) is 5. The predicted octanol–water partition coefficient (Wildman–Crippen LogP) is 6.59. The molecule has 0 spiro atoms. The van der Waals surface area contributed by atoms with E-state index in [4.69, 9.17) is 9.47 Å². The highest BCUT2D eigenvalue weighted by atomic mass is 32.2. The van der Waals surface area contributed by atoms with Crippen LogP contribution in [0.5, 0.6) is 17.2 Å². The van der Waals surface area contributed by atoms with Gasteiger partial charge < -0.3 is 14.6 Å². The lowest BCUT2D eigenvalue weighted by Crippen LogP contribution is -2.46. The van der Waals surface area contributed by atoms with Gasteiger partial charge in [-0.3, -0.25) is 4.55 Å². The zero-order valence-corrected chi connectivity index (χ0v) is 22.9.